The molecule has 0 radical (unpaired) electrons. The van der Waals surface area contributed by atoms with E-state index in [0.29, 0.717) is 35.3 Å². The minimum absolute atomic E-state index is 0.253. The number of hydrogen-bond donors (Lipinski definition) is 2. The second kappa shape index (κ2) is 6.88. The summed E-state index contributed by atoms with van der Waals surface area (Å²) < 4.78 is 10.4. The highest BCUT2D eigenvalue weighted by atomic mass is 32.1. The molecule has 0 aliphatic carbocycles. The van der Waals surface area contributed by atoms with E-state index in [0.717, 1.165) is 0 Å². The second-order valence-electron chi connectivity index (χ2n) is 3.89. The molecule has 3 N–H and O–H groups in total. The van der Waals surface area contributed by atoms with Crippen LogP contribution < -0.4 is 15.8 Å². The van der Waals surface area contributed by atoms with E-state index in [4.69, 9.17) is 15.2 Å². The summed E-state index contributed by atoms with van der Waals surface area (Å²) in [5.41, 5.74) is 6.74. The minimum Gasteiger partial charge on any atom is -0.489 e. The lowest BCUT2D eigenvalue weighted by Gasteiger charge is -2.10. The number of ether oxygens (including phenoxy) is 2. The van der Waals surface area contributed by atoms with Crippen LogP contribution in [0.15, 0.2) is 29.8 Å². The van der Waals surface area contributed by atoms with E-state index in [1.807, 2.05) is 0 Å². The molecule has 0 saturated carbocycles. The third kappa shape index (κ3) is 3.69. The van der Waals surface area contributed by atoms with Crippen molar-refractivity contribution in [2.24, 2.45) is 0 Å². The van der Waals surface area contributed by atoms with E-state index in [1.165, 1.54) is 11.3 Å². The Hall–Kier alpha value is -2.12. The summed E-state index contributed by atoms with van der Waals surface area (Å²) in [5, 5.41) is 5.04. The number of methoxy groups -OCH3 is 1. The molecule has 0 saturated heterocycles. The zero-order valence-corrected chi connectivity index (χ0v) is 11.8. The molecule has 0 aliphatic rings. The van der Waals surface area contributed by atoms with Gasteiger partial charge in [0, 0.05) is 24.3 Å². The third-order valence-electron chi connectivity index (χ3n) is 2.47. The topological polar surface area (TPSA) is 86.5 Å². The maximum atomic E-state index is 12.0. The first kappa shape index (κ1) is 14.3. The number of anilines is 2. The standard InChI is InChI=1S/C13H15N3O3S/c1-18-5-6-19-11-8-9(2-3-10(11)14)12(17)16-13-15-4-7-20-13/h2-4,7-8H,5-6,14H2,1H3,(H,15,16,17). The Labute approximate surface area is 120 Å². The molecule has 6 nitrogen and oxygen atoms in total. The summed E-state index contributed by atoms with van der Waals surface area (Å²) in [6.07, 6.45) is 1.63. The van der Waals surface area contributed by atoms with Crippen LogP contribution >= 0.6 is 11.3 Å². The average molecular weight is 293 g/mol. The first-order chi connectivity index (χ1) is 9.70. The minimum atomic E-state index is -0.253. The van der Waals surface area contributed by atoms with Gasteiger partial charge >= 0.3 is 0 Å². The van der Waals surface area contributed by atoms with Gasteiger partial charge in [-0.05, 0) is 18.2 Å². The molecule has 20 heavy (non-hydrogen) atoms. The first-order valence-corrected chi connectivity index (χ1v) is 6.81. The number of carbonyl (C=O) groups excluding carboxylic acids is 1. The number of aromatic nitrogens is 1. The molecule has 106 valence electrons. The first-order valence-electron chi connectivity index (χ1n) is 5.93. The number of amides is 1. The molecule has 2 rings (SSSR count). The number of rotatable bonds is 6. The van der Waals surface area contributed by atoms with Crippen molar-refractivity contribution in [2.75, 3.05) is 31.4 Å². The SMILES string of the molecule is COCCOc1cc(C(=O)Nc2nccs2)ccc1N. The number of nitrogens with zero attached hydrogens (tertiary/aromatic N) is 1. The van der Waals surface area contributed by atoms with Crippen LogP contribution in [0, 0.1) is 0 Å². The second-order valence-corrected chi connectivity index (χ2v) is 4.78. The normalized spacial score (nSPS) is 10.2. The van der Waals surface area contributed by atoms with Gasteiger partial charge in [0.05, 0.1) is 12.3 Å². The van der Waals surface area contributed by atoms with Crippen molar-refractivity contribution in [3.63, 3.8) is 0 Å². The Morgan fingerprint density at radius 2 is 2.30 bits per heavy atom. The molecule has 7 heteroatoms. The Bertz CT molecular complexity index is 572. The molecule has 0 fully saturated rings. The van der Waals surface area contributed by atoms with Crippen LogP contribution in [0.4, 0.5) is 10.8 Å². The summed E-state index contributed by atoms with van der Waals surface area (Å²) >= 11 is 1.35. The highest BCUT2D eigenvalue weighted by Gasteiger charge is 2.10. The highest BCUT2D eigenvalue weighted by Crippen LogP contribution is 2.23. The number of nitrogens with one attached hydrogen (secondary N) is 1. The van der Waals surface area contributed by atoms with Gasteiger partial charge in [-0.1, -0.05) is 0 Å². The van der Waals surface area contributed by atoms with Crippen molar-refractivity contribution >= 4 is 28.1 Å². The van der Waals surface area contributed by atoms with Gasteiger partial charge in [-0.15, -0.1) is 11.3 Å². The van der Waals surface area contributed by atoms with Crippen LogP contribution in [0.2, 0.25) is 0 Å². The van der Waals surface area contributed by atoms with Crippen molar-refractivity contribution in [3.05, 3.63) is 35.3 Å². The fourth-order valence-electron chi connectivity index (χ4n) is 1.49. The maximum Gasteiger partial charge on any atom is 0.257 e. The molecule has 2 aromatic rings. The van der Waals surface area contributed by atoms with Crippen molar-refractivity contribution in [3.8, 4) is 5.75 Å². The van der Waals surface area contributed by atoms with E-state index < -0.39 is 0 Å². The van der Waals surface area contributed by atoms with Crippen LogP contribution in [0.1, 0.15) is 10.4 Å². The number of benzene rings is 1. The van der Waals surface area contributed by atoms with Crippen LogP contribution in [0.5, 0.6) is 5.75 Å². The summed E-state index contributed by atoms with van der Waals surface area (Å²) in [7, 11) is 1.59. The van der Waals surface area contributed by atoms with E-state index in [1.54, 1.807) is 36.9 Å². The summed E-state index contributed by atoms with van der Waals surface area (Å²) in [6.45, 7) is 0.827. The number of nitrogen functional groups attached to an aromatic ring is 1. The van der Waals surface area contributed by atoms with Crippen molar-refractivity contribution in [1.82, 2.24) is 4.98 Å². The van der Waals surface area contributed by atoms with Crippen LogP contribution in [0.25, 0.3) is 0 Å². The molecule has 1 heterocycles. The predicted molar refractivity (Wildman–Crippen MR) is 78.3 cm³/mol. The number of thiazole rings is 1. The zero-order chi connectivity index (χ0) is 14.4. The fourth-order valence-corrected chi connectivity index (χ4v) is 2.01. The lowest BCUT2D eigenvalue weighted by Crippen LogP contribution is -2.13. The Balaban J connectivity index is 2.07. The molecule has 1 amide bonds. The van der Waals surface area contributed by atoms with E-state index >= 15 is 0 Å². The molecule has 0 atom stereocenters. The van der Waals surface area contributed by atoms with E-state index in [9.17, 15) is 4.79 Å². The van der Waals surface area contributed by atoms with Crippen molar-refractivity contribution in [2.45, 2.75) is 0 Å². The van der Waals surface area contributed by atoms with Gasteiger partial charge in [-0.3, -0.25) is 10.1 Å². The molecule has 0 spiro atoms. The molecule has 0 aliphatic heterocycles. The van der Waals surface area contributed by atoms with Gasteiger partial charge in [-0.2, -0.15) is 0 Å². The van der Waals surface area contributed by atoms with Crippen LogP contribution in [-0.4, -0.2) is 31.2 Å². The van der Waals surface area contributed by atoms with Crippen molar-refractivity contribution < 1.29 is 14.3 Å². The monoisotopic (exact) mass is 293 g/mol. The third-order valence-corrected chi connectivity index (χ3v) is 3.16. The molecule has 1 aromatic heterocycles. The molecule has 0 unspecified atom stereocenters. The number of nitrogens with two attached hydrogens (primary N) is 1. The fraction of sp³-hybridized carbons (Fsp3) is 0.231. The Morgan fingerprint density at radius 1 is 1.45 bits per heavy atom. The number of carbonyl (C=O) groups is 1. The zero-order valence-electron chi connectivity index (χ0n) is 11.0. The predicted octanol–water partition coefficient (Wildman–Crippen LogP) is 2.00. The number of hydrogen-bond acceptors (Lipinski definition) is 6. The smallest absolute Gasteiger partial charge is 0.257 e. The molecular weight excluding hydrogens is 278 g/mol. The van der Waals surface area contributed by atoms with Gasteiger partial charge in [0.2, 0.25) is 0 Å². The van der Waals surface area contributed by atoms with Gasteiger partial charge in [0.25, 0.3) is 5.91 Å². The summed E-state index contributed by atoms with van der Waals surface area (Å²) in [6, 6.07) is 4.88. The van der Waals surface area contributed by atoms with E-state index in [2.05, 4.69) is 10.3 Å². The quantitative estimate of drug-likeness (QED) is 0.628. The van der Waals surface area contributed by atoms with Gasteiger partial charge < -0.3 is 15.2 Å². The Kier molecular flexibility index (Phi) is 4.91. The molecule has 0 bridgehead atoms. The summed E-state index contributed by atoms with van der Waals surface area (Å²) in [4.78, 5) is 16.0. The lowest BCUT2D eigenvalue weighted by molar-refractivity contribution is 0.102. The Morgan fingerprint density at radius 3 is 3.00 bits per heavy atom. The van der Waals surface area contributed by atoms with Crippen LogP contribution in [-0.2, 0) is 4.74 Å². The molecular formula is C13H15N3O3S. The summed E-state index contributed by atoms with van der Waals surface area (Å²) in [5.74, 6) is 0.213. The van der Waals surface area contributed by atoms with Gasteiger partial charge in [0.1, 0.15) is 12.4 Å². The van der Waals surface area contributed by atoms with Crippen molar-refractivity contribution in [1.29, 1.82) is 0 Å². The van der Waals surface area contributed by atoms with Gasteiger partial charge in [-0.25, -0.2) is 4.98 Å². The average Bonchev–Trinajstić information content (AvgIpc) is 2.94. The van der Waals surface area contributed by atoms with E-state index in [-0.39, 0.29) is 5.91 Å². The highest BCUT2D eigenvalue weighted by molar-refractivity contribution is 7.13. The molecule has 1 aromatic carbocycles. The largest absolute Gasteiger partial charge is 0.489 e. The van der Waals surface area contributed by atoms with Crippen LogP contribution in [0.3, 0.4) is 0 Å². The maximum absolute atomic E-state index is 12.0. The van der Waals surface area contributed by atoms with Gasteiger partial charge in [0.15, 0.2) is 5.13 Å². The lowest BCUT2D eigenvalue weighted by atomic mass is 10.2.